The molecule has 0 amide bonds. The van der Waals surface area contributed by atoms with Crippen molar-refractivity contribution in [1.29, 1.82) is 0 Å². The van der Waals surface area contributed by atoms with E-state index in [1.165, 1.54) is 13.2 Å². The molecule has 0 fully saturated rings. The summed E-state index contributed by atoms with van der Waals surface area (Å²) in [5.41, 5.74) is 0. The Morgan fingerprint density at radius 3 is 2.71 bits per heavy atom. The first kappa shape index (κ1) is 11.2. The molecule has 0 spiro atoms. The highest BCUT2D eigenvalue weighted by atomic mass is 16.5. The zero-order valence-electron chi connectivity index (χ0n) is 7.88. The first-order chi connectivity index (χ1) is 6.69. The van der Waals surface area contributed by atoms with Gasteiger partial charge in [0.05, 0.1) is 6.61 Å². The summed E-state index contributed by atoms with van der Waals surface area (Å²) in [6, 6.07) is 3.18. The summed E-state index contributed by atoms with van der Waals surface area (Å²) in [5.74, 6) is 0.783. The van der Waals surface area contributed by atoms with Gasteiger partial charge in [-0.05, 0) is 12.1 Å². The van der Waals surface area contributed by atoms with Crippen molar-refractivity contribution < 1.29 is 24.5 Å². The Balaban J connectivity index is 2.65. The van der Waals surface area contributed by atoms with Crippen LogP contribution in [0.25, 0.3) is 0 Å². The van der Waals surface area contributed by atoms with Crippen molar-refractivity contribution in [3.63, 3.8) is 0 Å². The standard InChI is InChI=1S/C9H14O5/c1-13-5-6-2-3-8(14-6)9(12)7(11)4-10/h2-3,7,9-12H,4-5H2,1H3. The van der Waals surface area contributed by atoms with Crippen LogP contribution >= 0.6 is 0 Å². The second-order valence-electron chi connectivity index (χ2n) is 2.93. The fourth-order valence-electron chi connectivity index (χ4n) is 1.06. The van der Waals surface area contributed by atoms with E-state index in [1.807, 2.05) is 0 Å². The average molecular weight is 202 g/mol. The molecule has 1 heterocycles. The molecule has 2 unspecified atom stereocenters. The molecule has 0 bridgehead atoms. The lowest BCUT2D eigenvalue weighted by Crippen LogP contribution is -2.21. The summed E-state index contributed by atoms with van der Waals surface area (Å²) in [6.07, 6.45) is -2.43. The van der Waals surface area contributed by atoms with E-state index in [0.717, 1.165) is 0 Å². The van der Waals surface area contributed by atoms with Crippen LogP contribution in [0.4, 0.5) is 0 Å². The largest absolute Gasteiger partial charge is 0.461 e. The van der Waals surface area contributed by atoms with Crippen LogP contribution in [0.15, 0.2) is 16.5 Å². The second-order valence-corrected chi connectivity index (χ2v) is 2.93. The van der Waals surface area contributed by atoms with Gasteiger partial charge in [-0.25, -0.2) is 0 Å². The maximum absolute atomic E-state index is 9.43. The van der Waals surface area contributed by atoms with Crippen LogP contribution in [0.5, 0.6) is 0 Å². The van der Waals surface area contributed by atoms with E-state index < -0.39 is 18.8 Å². The van der Waals surface area contributed by atoms with E-state index in [2.05, 4.69) is 0 Å². The van der Waals surface area contributed by atoms with E-state index in [4.69, 9.17) is 19.4 Å². The minimum absolute atomic E-state index is 0.221. The maximum Gasteiger partial charge on any atom is 0.140 e. The molecular weight excluding hydrogens is 188 g/mol. The number of rotatable bonds is 5. The molecule has 3 N–H and O–H groups in total. The number of methoxy groups -OCH3 is 1. The van der Waals surface area contributed by atoms with Crippen LogP contribution in [0.3, 0.4) is 0 Å². The van der Waals surface area contributed by atoms with Gasteiger partial charge in [-0.15, -0.1) is 0 Å². The first-order valence-electron chi connectivity index (χ1n) is 4.23. The van der Waals surface area contributed by atoms with Crippen molar-refractivity contribution >= 4 is 0 Å². The molecule has 0 aliphatic carbocycles. The third-order valence-electron chi connectivity index (χ3n) is 1.81. The summed E-state index contributed by atoms with van der Waals surface area (Å²) in [6.45, 7) is -0.205. The minimum atomic E-state index is -1.23. The molecular formula is C9H14O5. The molecule has 0 saturated carbocycles. The van der Waals surface area contributed by atoms with Crippen LogP contribution in [0.2, 0.25) is 0 Å². The predicted octanol–water partition coefficient (Wildman–Crippen LogP) is -0.187. The zero-order valence-corrected chi connectivity index (χ0v) is 7.88. The van der Waals surface area contributed by atoms with Gasteiger partial charge in [-0.3, -0.25) is 0 Å². The van der Waals surface area contributed by atoms with Gasteiger partial charge in [0.15, 0.2) is 0 Å². The summed E-state index contributed by atoms with van der Waals surface area (Å²) in [4.78, 5) is 0. The lowest BCUT2D eigenvalue weighted by molar-refractivity contribution is -0.0261. The number of aliphatic hydroxyl groups excluding tert-OH is 3. The zero-order chi connectivity index (χ0) is 10.6. The third kappa shape index (κ3) is 2.55. The highest BCUT2D eigenvalue weighted by molar-refractivity contribution is 5.09. The van der Waals surface area contributed by atoms with Crippen molar-refractivity contribution in [3.05, 3.63) is 23.7 Å². The molecule has 1 aromatic rings. The summed E-state index contributed by atoms with van der Waals surface area (Å²) in [5, 5.41) is 27.2. The van der Waals surface area contributed by atoms with E-state index in [-0.39, 0.29) is 5.76 Å². The van der Waals surface area contributed by atoms with Gasteiger partial charge in [0.2, 0.25) is 0 Å². The first-order valence-corrected chi connectivity index (χ1v) is 4.23. The smallest absolute Gasteiger partial charge is 0.140 e. The van der Waals surface area contributed by atoms with E-state index in [1.54, 1.807) is 6.07 Å². The SMILES string of the molecule is COCc1ccc(C(O)C(O)CO)o1. The van der Waals surface area contributed by atoms with Crippen molar-refractivity contribution in [1.82, 2.24) is 0 Å². The van der Waals surface area contributed by atoms with Crippen molar-refractivity contribution in [2.75, 3.05) is 13.7 Å². The number of hydrogen-bond donors (Lipinski definition) is 3. The van der Waals surface area contributed by atoms with Gasteiger partial charge in [-0.2, -0.15) is 0 Å². The molecule has 0 saturated heterocycles. The second kappa shape index (κ2) is 5.11. The minimum Gasteiger partial charge on any atom is -0.461 e. The summed E-state index contributed by atoms with van der Waals surface area (Å²) < 4.78 is 9.98. The highest BCUT2D eigenvalue weighted by Gasteiger charge is 2.20. The van der Waals surface area contributed by atoms with Gasteiger partial charge in [0.1, 0.15) is 30.3 Å². The molecule has 0 aromatic carbocycles. The lowest BCUT2D eigenvalue weighted by Gasteiger charge is -2.12. The van der Waals surface area contributed by atoms with Crippen LogP contribution < -0.4 is 0 Å². The van der Waals surface area contributed by atoms with Crippen LogP contribution in [-0.2, 0) is 11.3 Å². The van der Waals surface area contributed by atoms with Crippen LogP contribution in [0, 0.1) is 0 Å². The van der Waals surface area contributed by atoms with E-state index in [0.29, 0.717) is 12.4 Å². The van der Waals surface area contributed by atoms with Gasteiger partial charge in [-0.1, -0.05) is 0 Å². The van der Waals surface area contributed by atoms with Crippen molar-refractivity contribution in [2.24, 2.45) is 0 Å². The summed E-state index contributed by atoms with van der Waals surface area (Å²) >= 11 is 0. The van der Waals surface area contributed by atoms with Crippen LogP contribution in [0.1, 0.15) is 17.6 Å². The Hall–Kier alpha value is -0.880. The monoisotopic (exact) mass is 202 g/mol. The number of furan rings is 1. The molecule has 0 radical (unpaired) electrons. The Bertz CT molecular complexity index is 270. The highest BCUT2D eigenvalue weighted by Crippen LogP contribution is 2.19. The fourth-order valence-corrected chi connectivity index (χ4v) is 1.06. The normalized spacial score (nSPS) is 15.4. The fraction of sp³-hybridized carbons (Fsp3) is 0.556. The molecule has 2 atom stereocenters. The van der Waals surface area contributed by atoms with Gasteiger partial charge in [0.25, 0.3) is 0 Å². The van der Waals surface area contributed by atoms with Crippen molar-refractivity contribution in [2.45, 2.75) is 18.8 Å². The quantitative estimate of drug-likeness (QED) is 0.616. The number of hydrogen-bond acceptors (Lipinski definition) is 5. The average Bonchev–Trinajstić information content (AvgIpc) is 2.64. The van der Waals surface area contributed by atoms with Gasteiger partial charge >= 0.3 is 0 Å². The number of ether oxygens (including phenoxy) is 1. The third-order valence-corrected chi connectivity index (χ3v) is 1.81. The Kier molecular flexibility index (Phi) is 4.09. The molecule has 1 rings (SSSR count). The van der Waals surface area contributed by atoms with E-state index >= 15 is 0 Å². The van der Waals surface area contributed by atoms with Crippen LogP contribution in [-0.4, -0.2) is 35.1 Å². The Morgan fingerprint density at radius 2 is 2.14 bits per heavy atom. The maximum atomic E-state index is 9.43. The number of aliphatic hydroxyl groups is 3. The molecule has 0 aliphatic rings. The molecule has 80 valence electrons. The van der Waals surface area contributed by atoms with Gasteiger partial charge in [0, 0.05) is 7.11 Å². The molecule has 14 heavy (non-hydrogen) atoms. The molecule has 5 heteroatoms. The molecule has 5 nitrogen and oxygen atoms in total. The lowest BCUT2D eigenvalue weighted by atomic mass is 10.2. The topological polar surface area (TPSA) is 83.1 Å². The Morgan fingerprint density at radius 1 is 1.43 bits per heavy atom. The summed E-state index contributed by atoms with van der Waals surface area (Å²) in [7, 11) is 1.53. The predicted molar refractivity (Wildman–Crippen MR) is 47.5 cm³/mol. The van der Waals surface area contributed by atoms with E-state index in [9.17, 15) is 5.11 Å². The Labute approximate surface area is 81.5 Å². The van der Waals surface area contributed by atoms with Crippen molar-refractivity contribution in [3.8, 4) is 0 Å². The van der Waals surface area contributed by atoms with Gasteiger partial charge < -0.3 is 24.5 Å². The molecule has 0 aliphatic heterocycles. The molecule has 1 aromatic heterocycles.